The van der Waals surface area contributed by atoms with Crippen molar-refractivity contribution < 1.29 is 0 Å². The van der Waals surface area contributed by atoms with Gasteiger partial charge < -0.3 is 10.2 Å². The molecule has 108 valence electrons. The Hall–Kier alpha value is -0.420. The first-order chi connectivity index (χ1) is 9.15. The van der Waals surface area contributed by atoms with Crippen LogP contribution in [0.2, 0.25) is 0 Å². The highest BCUT2D eigenvalue weighted by atomic mass is 32.1. The molecule has 19 heavy (non-hydrogen) atoms. The van der Waals surface area contributed by atoms with Gasteiger partial charge in [0.15, 0.2) is 0 Å². The van der Waals surface area contributed by atoms with Crippen molar-refractivity contribution in [2.24, 2.45) is 0 Å². The van der Waals surface area contributed by atoms with Gasteiger partial charge in [-0.05, 0) is 52.5 Å². The fraction of sp³-hybridized carbons (Fsp3) is 0.733. The molecular weight excluding hydrogens is 254 g/mol. The summed E-state index contributed by atoms with van der Waals surface area (Å²) in [4.78, 5) is 7.92. The minimum Gasteiger partial charge on any atom is -0.311 e. The van der Waals surface area contributed by atoms with Gasteiger partial charge in [0.25, 0.3) is 0 Å². The van der Waals surface area contributed by atoms with Crippen molar-refractivity contribution in [1.29, 1.82) is 0 Å². The third-order valence-corrected chi connectivity index (χ3v) is 4.86. The van der Waals surface area contributed by atoms with Gasteiger partial charge in [-0.2, -0.15) is 0 Å². The quantitative estimate of drug-likeness (QED) is 0.835. The lowest BCUT2D eigenvalue weighted by molar-refractivity contribution is 0.202. The predicted molar refractivity (Wildman–Crippen MR) is 83.9 cm³/mol. The van der Waals surface area contributed by atoms with Gasteiger partial charge in [0.1, 0.15) is 0 Å². The van der Waals surface area contributed by atoms with Crippen molar-refractivity contribution in [2.45, 2.75) is 32.9 Å². The molecule has 2 rings (SSSR count). The Morgan fingerprint density at radius 3 is 2.95 bits per heavy atom. The molecule has 0 amide bonds. The lowest BCUT2D eigenvalue weighted by atomic mass is 10.2. The first-order valence-corrected chi connectivity index (χ1v) is 8.15. The van der Waals surface area contributed by atoms with Crippen LogP contribution in [0.3, 0.4) is 0 Å². The normalized spacial score (nSPS) is 22.6. The first kappa shape index (κ1) is 15.0. The van der Waals surface area contributed by atoms with E-state index in [4.69, 9.17) is 0 Å². The number of thiophene rings is 1. The zero-order valence-electron chi connectivity index (χ0n) is 12.5. The number of aryl methyl sites for hydroxylation is 1. The highest BCUT2D eigenvalue weighted by molar-refractivity contribution is 7.11. The molecule has 1 fully saturated rings. The molecule has 1 N–H and O–H groups in total. The van der Waals surface area contributed by atoms with Gasteiger partial charge in [-0.1, -0.05) is 0 Å². The van der Waals surface area contributed by atoms with Crippen molar-refractivity contribution >= 4 is 11.3 Å². The standard InChI is InChI=1S/C15H27N3S/c1-13-12-17(3)8-4-9-18(13)10-7-16-11-15-6-5-14(2)19-15/h5-6,13,16H,4,7-12H2,1-3H3. The summed E-state index contributed by atoms with van der Waals surface area (Å²) in [5.41, 5.74) is 0. The zero-order chi connectivity index (χ0) is 13.7. The molecule has 3 nitrogen and oxygen atoms in total. The molecule has 1 aromatic rings. The monoisotopic (exact) mass is 281 g/mol. The summed E-state index contributed by atoms with van der Waals surface area (Å²) in [6, 6.07) is 5.11. The van der Waals surface area contributed by atoms with Crippen molar-refractivity contribution in [2.75, 3.05) is 39.8 Å². The Morgan fingerprint density at radius 2 is 2.21 bits per heavy atom. The van der Waals surface area contributed by atoms with Crippen LogP contribution in [0.1, 0.15) is 23.1 Å². The number of likely N-dealkylation sites (N-methyl/N-ethyl adjacent to an activating group) is 1. The van der Waals surface area contributed by atoms with Crippen molar-refractivity contribution in [3.8, 4) is 0 Å². The van der Waals surface area contributed by atoms with E-state index in [1.165, 1.54) is 42.4 Å². The third-order valence-electron chi connectivity index (χ3n) is 3.86. The molecule has 0 bridgehead atoms. The van der Waals surface area contributed by atoms with E-state index in [9.17, 15) is 0 Å². The molecule has 1 unspecified atom stereocenters. The number of nitrogens with one attached hydrogen (secondary N) is 1. The third kappa shape index (κ3) is 4.88. The minimum absolute atomic E-state index is 0.679. The molecule has 1 aromatic heterocycles. The minimum atomic E-state index is 0.679. The van der Waals surface area contributed by atoms with E-state index in [-0.39, 0.29) is 0 Å². The maximum absolute atomic E-state index is 3.57. The van der Waals surface area contributed by atoms with Crippen LogP contribution < -0.4 is 5.32 Å². The Morgan fingerprint density at radius 1 is 1.37 bits per heavy atom. The highest BCUT2D eigenvalue weighted by Crippen LogP contribution is 2.14. The molecule has 0 spiro atoms. The van der Waals surface area contributed by atoms with Gasteiger partial charge in [-0.3, -0.25) is 4.90 Å². The Kier molecular flexibility index (Phi) is 5.82. The van der Waals surface area contributed by atoms with Gasteiger partial charge in [-0.15, -0.1) is 11.3 Å². The van der Waals surface area contributed by atoms with E-state index in [0.717, 1.165) is 13.1 Å². The Labute approximate surface area is 121 Å². The lowest BCUT2D eigenvalue weighted by Gasteiger charge is -2.27. The Balaban J connectivity index is 1.67. The van der Waals surface area contributed by atoms with Gasteiger partial charge in [0.2, 0.25) is 0 Å². The molecule has 2 heterocycles. The van der Waals surface area contributed by atoms with Gasteiger partial charge in [0, 0.05) is 42.0 Å². The molecule has 4 heteroatoms. The average molecular weight is 281 g/mol. The average Bonchev–Trinajstić information content (AvgIpc) is 2.70. The van der Waals surface area contributed by atoms with Crippen molar-refractivity contribution in [1.82, 2.24) is 15.1 Å². The Bertz CT molecular complexity index is 377. The second-order valence-corrected chi connectivity index (χ2v) is 7.06. The van der Waals surface area contributed by atoms with Crippen LogP contribution in [0.15, 0.2) is 12.1 Å². The van der Waals surface area contributed by atoms with Crippen LogP contribution in [-0.4, -0.2) is 55.6 Å². The molecule has 1 atom stereocenters. The van der Waals surface area contributed by atoms with Crippen LogP contribution in [0.4, 0.5) is 0 Å². The summed E-state index contributed by atoms with van der Waals surface area (Å²) in [6.07, 6.45) is 1.30. The number of hydrogen-bond acceptors (Lipinski definition) is 4. The number of nitrogens with zero attached hydrogens (tertiary/aromatic N) is 2. The fourth-order valence-electron chi connectivity index (χ4n) is 2.77. The summed E-state index contributed by atoms with van der Waals surface area (Å²) in [6.45, 7) is 11.5. The maximum atomic E-state index is 3.57. The maximum Gasteiger partial charge on any atom is 0.0300 e. The van der Waals surface area contributed by atoms with Crippen LogP contribution in [0, 0.1) is 6.92 Å². The van der Waals surface area contributed by atoms with E-state index in [0.29, 0.717) is 6.04 Å². The molecule has 1 saturated heterocycles. The van der Waals surface area contributed by atoms with E-state index >= 15 is 0 Å². The number of rotatable bonds is 5. The van der Waals surface area contributed by atoms with E-state index in [2.05, 4.69) is 48.1 Å². The lowest BCUT2D eigenvalue weighted by Crippen LogP contribution is -2.41. The van der Waals surface area contributed by atoms with Crippen molar-refractivity contribution in [3.05, 3.63) is 21.9 Å². The summed E-state index contributed by atoms with van der Waals surface area (Å²) in [7, 11) is 2.23. The molecule has 1 aliphatic heterocycles. The van der Waals surface area contributed by atoms with Crippen LogP contribution in [-0.2, 0) is 6.54 Å². The topological polar surface area (TPSA) is 18.5 Å². The molecule has 0 saturated carbocycles. The van der Waals surface area contributed by atoms with E-state index in [1.54, 1.807) is 0 Å². The van der Waals surface area contributed by atoms with Crippen LogP contribution >= 0.6 is 11.3 Å². The first-order valence-electron chi connectivity index (χ1n) is 7.34. The molecule has 1 aliphatic rings. The van der Waals surface area contributed by atoms with Crippen LogP contribution in [0.5, 0.6) is 0 Å². The second kappa shape index (κ2) is 7.39. The van der Waals surface area contributed by atoms with Gasteiger partial charge >= 0.3 is 0 Å². The highest BCUT2D eigenvalue weighted by Gasteiger charge is 2.18. The summed E-state index contributed by atoms with van der Waals surface area (Å²) in [5, 5.41) is 3.57. The van der Waals surface area contributed by atoms with Gasteiger partial charge in [-0.25, -0.2) is 0 Å². The largest absolute Gasteiger partial charge is 0.311 e. The smallest absolute Gasteiger partial charge is 0.0300 e. The fourth-order valence-corrected chi connectivity index (χ4v) is 3.63. The SMILES string of the molecule is Cc1ccc(CNCCN2CCCN(C)CC2C)s1. The van der Waals surface area contributed by atoms with E-state index < -0.39 is 0 Å². The van der Waals surface area contributed by atoms with Crippen molar-refractivity contribution in [3.63, 3.8) is 0 Å². The predicted octanol–water partition coefficient (Wildman–Crippen LogP) is 2.17. The summed E-state index contributed by atoms with van der Waals surface area (Å²) >= 11 is 1.90. The zero-order valence-corrected chi connectivity index (χ0v) is 13.3. The molecular formula is C15H27N3S. The van der Waals surface area contributed by atoms with Crippen LogP contribution in [0.25, 0.3) is 0 Å². The second-order valence-electron chi connectivity index (χ2n) is 5.69. The summed E-state index contributed by atoms with van der Waals surface area (Å²) < 4.78 is 0. The van der Waals surface area contributed by atoms with E-state index in [1.807, 2.05) is 11.3 Å². The molecule has 0 aliphatic carbocycles. The molecule has 0 radical (unpaired) electrons. The molecule has 0 aromatic carbocycles. The van der Waals surface area contributed by atoms with Gasteiger partial charge in [0.05, 0.1) is 0 Å². The number of hydrogen-bond donors (Lipinski definition) is 1. The summed E-state index contributed by atoms with van der Waals surface area (Å²) in [5.74, 6) is 0.